The van der Waals surface area contributed by atoms with Crippen LogP contribution in [-0.2, 0) is 0 Å². The molecule has 1 aliphatic rings. The van der Waals surface area contributed by atoms with Crippen LogP contribution >= 0.6 is 11.8 Å². The van der Waals surface area contributed by atoms with Gasteiger partial charge in [-0.1, -0.05) is 53.7 Å². The highest BCUT2D eigenvalue weighted by Crippen LogP contribution is 2.39. The first-order chi connectivity index (χ1) is 12.8. The summed E-state index contributed by atoms with van der Waals surface area (Å²) in [7, 11) is 2.11. The maximum Gasteiger partial charge on any atom is 0.244 e. The molecule has 2 aromatic carbocycles. The Bertz CT molecular complexity index is 824. The van der Waals surface area contributed by atoms with Crippen LogP contribution in [0.3, 0.4) is 0 Å². The van der Waals surface area contributed by atoms with E-state index in [1.54, 1.807) is 11.8 Å². The molecule has 1 saturated heterocycles. The monoisotopic (exact) mass is 366 g/mol. The molecular weight excluding hydrogens is 344 g/mol. The molecule has 1 aliphatic heterocycles. The number of benzene rings is 2. The smallest absolute Gasteiger partial charge is 0.244 e. The van der Waals surface area contributed by atoms with Crippen LogP contribution in [0.25, 0.3) is 0 Å². The molecule has 26 heavy (non-hydrogen) atoms. The van der Waals surface area contributed by atoms with E-state index < -0.39 is 0 Å². The van der Waals surface area contributed by atoms with Crippen molar-refractivity contribution < 1.29 is 4.52 Å². The van der Waals surface area contributed by atoms with Crippen LogP contribution in [0.2, 0.25) is 0 Å². The lowest BCUT2D eigenvalue weighted by atomic mass is 10.1. The zero-order valence-corrected chi connectivity index (χ0v) is 15.5. The number of piperazine rings is 1. The summed E-state index contributed by atoms with van der Waals surface area (Å²) in [4.78, 5) is 8.23. The Labute approximate surface area is 157 Å². The normalized spacial score (nSPS) is 19.3. The van der Waals surface area contributed by atoms with Gasteiger partial charge in [-0.25, -0.2) is 0 Å². The second-order valence-electron chi connectivity index (χ2n) is 6.41. The van der Waals surface area contributed by atoms with Gasteiger partial charge in [-0.3, -0.25) is 4.90 Å². The highest BCUT2D eigenvalue weighted by atomic mass is 32.2. The zero-order valence-electron chi connectivity index (χ0n) is 14.7. The molecule has 2 atom stereocenters. The number of rotatable bonds is 5. The van der Waals surface area contributed by atoms with Crippen LogP contribution in [0.4, 0.5) is 0 Å². The minimum atomic E-state index is -0.0262. The first-order valence-corrected chi connectivity index (χ1v) is 9.70. The minimum absolute atomic E-state index is 0.0262. The van der Waals surface area contributed by atoms with Gasteiger partial charge < -0.3 is 9.84 Å². The SMILES string of the molecule is CN1CCNCC1c1noc(C(Sc2ccccc2)c2ccccc2)n1. The molecule has 4 rings (SSSR count). The standard InChI is InChI=1S/C20H22N4OS/c1-24-13-12-21-14-17(24)19-22-20(25-23-19)18(15-8-4-2-5-9-15)26-16-10-6-3-7-11-16/h2-11,17-18,21H,12-14H2,1H3. The summed E-state index contributed by atoms with van der Waals surface area (Å²) >= 11 is 1.73. The lowest BCUT2D eigenvalue weighted by Crippen LogP contribution is -2.44. The third kappa shape index (κ3) is 3.82. The molecule has 1 N–H and O–H groups in total. The molecule has 5 nitrogen and oxygen atoms in total. The van der Waals surface area contributed by atoms with Gasteiger partial charge in [0.25, 0.3) is 0 Å². The Morgan fingerprint density at radius 2 is 1.85 bits per heavy atom. The van der Waals surface area contributed by atoms with Crippen LogP contribution in [0, 0.1) is 0 Å². The average Bonchev–Trinajstić information content (AvgIpc) is 3.17. The predicted molar refractivity (Wildman–Crippen MR) is 103 cm³/mol. The molecule has 3 aromatic rings. The van der Waals surface area contributed by atoms with Gasteiger partial charge in [-0.15, -0.1) is 11.8 Å². The van der Waals surface area contributed by atoms with Crippen LogP contribution in [0.5, 0.6) is 0 Å². The Morgan fingerprint density at radius 1 is 1.12 bits per heavy atom. The van der Waals surface area contributed by atoms with Crippen molar-refractivity contribution in [3.63, 3.8) is 0 Å². The Balaban J connectivity index is 1.64. The summed E-state index contributed by atoms with van der Waals surface area (Å²) in [6.45, 7) is 2.82. The number of nitrogens with zero attached hydrogens (tertiary/aromatic N) is 3. The van der Waals surface area contributed by atoms with Gasteiger partial charge in [-0.2, -0.15) is 4.98 Å². The van der Waals surface area contributed by atoms with Crippen molar-refractivity contribution in [2.24, 2.45) is 0 Å². The van der Waals surface area contributed by atoms with Crippen LogP contribution in [-0.4, -0.2) is 41.7 Å². The van der Waals surface area contributed by atoms with E-state index in [-0.39, 0.29) is 11.3 Å². The maximum absolute atomic E-state index is 5.72. The van der Waals surface area contributed by atoms with Crippen molar-refractivity contribution in [1.82, 2.24) is 20.4 Å². The number of nitrogens with one attached hydrogen (secondary N) is 1. The molecule has 134 valence electrons. The summed E-state index contributed by atoms with van der Waals surface area (Å²) in [6, 6.07) is 20.8. The van der Waals surface area contributed by atoms with Crippen molar-refractivity contribution in [2.75, 3.05) is 26.7 Å². The van der Waals surface area contributed by atoms with Crippen LogP contribution in [0.1, 0.15) is 28.6 Å². The number of hydrogen-bond donors (Lipinski definition) is 1. The molecule has 0 spiro atoms. The van der Waals surface area contributed by atoms with E-state index in [0.29, 0.717) is 5.89 Å². The van der Waals surface area contributed by atoms with Gasteiger partial charge in [0.1, 0.15) is 5.25 Å². The molecule has 2 unspecified atom stereocenters. The molecule has 1 fully saturated rings. The third-order valence-corrected chi connectivity index (χ3v) is 5.84. The fourth-order valence-corrected chi connectivity index (χ4v) is 4.18. The fourth-order valence-electron chi connectivity index (χ4n) is 3.11. The van der Waals surface area contributed by atoms with Gasteiger partial charge in [0, 0.05) is 24.5 Å². The lowest BCUT2D eigenvalue weighted by Gasteiger charge is -2.30. The van der Waals surface area contributed by atoms with Gasteiger partial charge in [0.05, 0.1) is 6.04 Å². The van der Waals surface area contributed by atoms with Crippen molar-refractivity contribution in [3.8, 4) is 0 Å². The first kappa shape index (κ1) is 17.3. The maximum atomic E-state index is 5.72. The predicted octanol–water partition coefficient (Wildman–Crippen LogP) is 3.53. The topological polar surface area (TPSA) is 54.2 Å². The summed E-state index contributed by atoms with van der Waals surface area (Å²) in [6.07, 6.45) is 0. The molecule has 1 aromatic heterocycles. The van der Waals surface area contributed by atoms with Crippen LogP contribution < -0.4 is 5.32 Å². The third-order valence-electron chi connectivity index (χ3n) is 4.59. The average molecular weight is 366 g/mol. The molecule has 2 heterocycles. The first-order valence-electron chi connectivity index (χ1n) is 8.82. The van der Waals surface area contributed by atoms with E-state index in [4.69, 9.17) is 9.51 Å². The van der Waals surface area contributed by atoms with Gasteiger partial charge in [0.2, 0.25) is 5.89 Å². The van der Waals surface area contributed by atoms with Crippen molar-refractivity contribution in [1.29, 1.82) is 0 Å². The molecule has 0 bridgehead atoms. The number of hydrogen-bond acceptors (Lipinski definition) is 6. The van der Waals surface area contributed by atoms with Crippen molar-refractivity contribution in [2.45, 2.75) is 16.2 Å². The quantitative estimate of drug-likeness (QED) is 0.697. The van der Waals surface area contributed by atoms with E-state index in [2.05, 4.69) is 46.7 Å². The summed E-state index contributed by atoms with van der Waals surface area (Å²) in [5, 5.41) is 7.68. The lowest BCUT2D eigenvalue weighted by molar-refractivity contribution is 0.190. The molecule has 0 saturated carbocycles. The Morgan fingerprint density at radius 3 is 2.58 bits per heavy atom. The second-order valence-corrected chi connectivity index (χ2v) is 7.59. The summed E-state index contributed by atoms with van der Waals surface area (Å²) in [5.74, 6) is 1.41. The molecule has 6 heteroatoms. The number of thioether (sulfide) groups is 1. The molecule has 0 amide bonds. The minimum Gasteiger partial charge on any atom is -0.338 e. The molecule has 0 aliphatic carbocycles. The van der Waals surface area contributed by atoms with E-state index in [1.807, 2.05) is 36.4 Å². The van der Waals surface area contributed by atoms with Gasteiger partial charge >= 0.3 is 0 Å². The Hall–Kier alpha value is -2.15. The van der Waals surface area contributed by atoms with E-state index in [1.165, 1.54) is 4.90 Å². The van der Waals surface area contributed by atoms with Gasteiger partial charge in [-0.05, 0) is 24.7 Å². The Kier molecular flexibility index (Phi) is 5.34. The van der Waals surface area contributed by atoms with Gasteiger partial charge in [0.15, 0.2) is 5.82 Å². The van der Waals surface area contributed by atoms with Crippen molar-refractivity contribution in [3.05, 3.63) is 77.9 Å². The number of likely N-dealkylation sites (N-methyl/N-ethyl adjacent to an activating group) is 1. The highest BCUT2D eigenvalue weighted by molar-refractivity contribution is 7.99. The molecule has 0 radical (unpaired) electrons. The summed E-state index contributed by atoms with van der Waals surface area (Å²) in [5.41, 5.74) is 1.16. The second kappa shape index (κ2) is 8.03. The fraction of sp³-hybridized carbons (Fsp3) is 0.300. The van der Waals surface area contributed by atoms with E-state index in [0.717, 1.165) is 31.0 Å². The highest BCUT2D eigenvalue weighted by Gasteiger charge is 2.28. The largest absolute Gasteiger partial charge is 0.338 e. The summed E-state index contributed by atoms with van der Waals surface area (Å²) < 4.78 is 5.72. The number of aromatic nitrogens is 2. The zero-order chi connectivity index (χ0) is 17.8. The van der Waals surface area contributed by atoms with Crippen LogP contribution in [0.15, 0.2) is 70.1 Å². The van der Waals surface area contributed by atoms with Crippen molar-refractivity contribution >= 4 is 11.8 Å². The van der Waals surface area contributed by atoms with E-state index in [9.17, 15) is 0 Å². The molecular formula is C20H22N4OS. The van der Waals surface area contributed by atoms with E-state index >= 15 is 0 Å².